The van der Waals surface area contributed by atoms with Crippen LogP contribution in [0.25, 0.3) is 0 Å². The highest BCUT2D eigenvalue weighted by molar-refractivity contribution is 5.94. The van der Waals surface area contributed by atoms with Crippen molar-refractivity contribution in [3.05, 3.63) is 29.8 Å². The Labute approximate surface area is 147 Å². The molecule has 1 amide bonds. The summed E-state index contributed by atoms with van der Waals surface area (Å²) in [6.45, 7) is 4.18. The van der Waals surface area contributed by atoms with Crippen molar-refractivity contribution < 1.29 is 24.2 Å². The zero-order valence-corrected chi connectivity index (χ0v) is 14.5. The first-order chi connectivity index (χ1) is 12.0. The molecule has 1 aromatic rings. The van der Waals surface area contributed by atoms with Gasteiger partial charge in [-0.2, -0.15) is 0 Å². The first-order valence-corrected chi connectivity index (χ1v) is 8.89. The molecule has 2 aliphatic heterocycles. The molecule has 2 saturated heterocycles. The van der Waals surface area contributed by atoms with Crippen LogP contribution in [-0.2, 0) is 9.53 Å². The van der Waals surface area contributed by atoms with Crippen LogP contribution in [0.4, 0.5) is 0 Å². The molecule has 0 saturated carbocycles. The summed E-state index contributed by atoms with van der Waals surface area (Å²) in [7, 11) is 0. The van der Waals surface area contributed by atoms with E-state index in [1.54, 1.807) is 29.2 Å². The molecule has 6 nitrogen and oxygen atoms in total. The van der Waals surface area contributed by atoms with Crippen LogP contribution in [0.15, 0.2) is 24.3 Å². The normalized spacial score (nSPS) is 26.4. The lowest BCUT2D eigenvalue weighted by atomic mass is 9.90. The number of hydrogen-bond acceptors (Lipinski definition) is 4. The van der Waals surface area contributed by atoms with Crippen LogP contribution in [0.2, 0.25) is 0 Å². The number of carbonyl (C=O) groups is 2. The molecule has 3 atom stereocenters. The Morgan fingerprint density at radius 2 is 2.04 bits per heavy atom. The summed E-state index contributed by atoms with van der Waals surface area (Å²) in [6.07, 6.45) is 2.88. The number of benzene rings is 1. The van der Waals surface area contributed by atoms with Crippen LogP contribution in [0, 0.1) is 11.8 Å². The molecule has 0 radical (unpaired) electrons. The monoisotopic (exact) mass is 347 g/mol. The van der Waals surface area contributed by atoms with Crippen LogP contribution in [0.3, 0.4) is 0 Å². The van der Waals surface area contributed by atoms with E-state index in [2.05, 4.69) is 0 Å². The maximum atomic E-state index is 12.7. The molecule has 0 aromatic heterocycles. The molecule has 0 bridgehead atoms. The summed E-state index contributed by atoms with van der Waals surface area (Å²) in [5, 5.41) is 9.25. The van der Waals surface area contributed by atoms with Gasteiger partial charge in [0.1, 0.15) is 12.4 Å². The van der Waals surface area contributed by atoms with Gasteiger partial charge in [-0.3, -0.25) is 9.59 Å². The smallest absolute Gasteiger partial charge is 0.308 e. The van der Waals surface area contributed by atoms with E-state index >= 15 is 0 Å². The third-order valence-electron chi connectivity index (χ3n) is 4.86. The zero-order valence-electron chi connectivity index (χ0n) is 14.5. The molecule has 1 N–H and O–H groups in total. The number of ether oxygens (including phenoxy) is 2. The SMILES string of the molecule is CC1CC(C(=O)O)CN(C(=O)c2ccc(OCC3CCCO3)cc2)C1. The molecule has 1 aromatic carbocycles. The van der Waals surface area contributed by atoms with E-state index in [9.17, 15) is 14.7 Å². The lowest BCUT2D eigenvalue weighted by molar-refractivity contribution is -0.143. The van der Waals surface area contributed by atoms with Crippen molar-refractivity contribution in [3.63, 3.8) is 0 Å². The second-order valence-corrected chi connectivity index (χ2v) is 7.06. The lowest BCUT2D eigenvalue weighted by Gasteiger charge is -2.34. The molecule has 2 aliphatic rings. The van der Waals surface area contributed by atoms with Crippen LogP contribution >= 0.6 is 0 Å². The zero-order chi connectivity index (χ0) is 17.8. The van der Waals surface area contributed by atoms with Crippen LogP contribution in [0.1, 0.15) is 36.5 Å². The summed E-state index contributed by atoms with van der Waals surface area (Å²) in [4.78, 5) is 25.6. The van der Waals surface area contributed by atoms with Gasteiger partial charge < -0.3 is 19.5 Å². The predicted molar refractivity (Wildman–Crippen MR) is 91.7 cm³/mol. The number of carboxylic acids is 1. The molecule has 25 heavy (non-hydrogen) atoms. The van der Waals surface area contributed by atoms with E-state index in [1.165, 1.54) is 0 Å². The van der Waals surface area contributed by atoms with Crippen molar-refractivity contribution in [3.8, 4) is 5.75 Å². The minimum atomic E-state index is -0.831. The summed E-state index contributed by atoms with van der Waals surface area (Å²) in [5.74, 6) is -0.539. The molecular weight excluding hydrogens is 322 g/mol. The highest BCUT2D eigenvalue weighted by Gasteiger charge is 2.32. The number of aliphatic carboxylic acids is 1. The number of carbonyl (C=O) groups excluding carboxylic acids is 1. The van der Waals surface area contributed by atoms with Crippen molar-refractivity contribution in [1.29, 1.82) is 0 Å². The second-order valence-electron chi connectivity index (χ2n) is 7.06. The number of likely N-dealkylation sites (tertiary alicyclic amines) is 1. The highest BCUT2D eigenvalue weighted by Crippen LogP contribution is 2.24. The van der Waals surface area contributed by atoms with E-state index in [0.717, 1.165) is 19.4 Å². The van der Waals surface area contributed by atoms with Gasteiger partial charge in [-0.1, -0.05) is 6.92 Å². The van der Waals surface area contributed by atoms with Gasteiger partial charge in [0.25, 0.3) is 5.91 Å². The quantitative estimate of drug-likeness (QED) is 0.885. The number of piperidine rings is 1. The van der Waals surface area contributed by atoms with Gasteiger partial charge in [0.05, 0.1) is 12.0 Å². The predicted octanol–water partition coefficient (Wildman–Crippen LogP) is 2.43. The fraction of sp³-hybridized carbons (Fsp3) is 0.579. The Balaban J connectivity index is 1.58. The fourth-order valence-corrected chi connectivity index (χ4v) is 3.54. The molecular formula is C19H25NO5. The minimum Gasteiger partial charge on any atom is -0.491 e. The first-order valence-electron chi connectivity index (χ1n) is 8.89. The Hall–Kier alpha value is -2.08. The Morgan fingerprint density at radius 1 is 1.28 bits per heavy atom. The summed E-state index contributed by atoms with van der Waals surface area (Å²) >= 11 is 0. The second kappa shape index (κ2) is 7.87. The van der Waals surface area contributed by atoms with Crippen molar-refractivity contribution >= 4 is 11.9 Å². The Bertz CT molecular complexity index is 609. The number of carboxylic acid groups (broad SMARTS) is 1. The lowest BCUT2D eigenvalue weighted by Crippen LogP contribution is -2.45. The topological polar surface area (TPSA) is 76.1 Å². The molecule has 2 fully saturated rings. The molecule has 0 aliphatic carbocycles. The van der Waals surface area contributed by atoms with E-state index in [0.29, 0.717) is 30.9 Å². The van der Waals surface area contributed by atoms with Crippen molar-refractivity contribution in [2.24, 2.45) is 11.8 Å². The van der Waals surface area contributed by atoms with Gasteiger partial charge in [-0.05, 0) is 49.4 Å². The molecule has 136 valence electrons. The van der Waals surface area contributed by atoms with Gasteiger partial charge in [0.15, 0.2) is 0 Å². The number of nitrogens with zero attached hydrogens (tertiary/aromatic N) is 1. The van der Waals surface area contributed by atoms with E-state index in [4.69, 9.17) is 9.47 Å². The van der Waals surface area contributed by atoms with E-state index in [1.807, 2.05) is 6.92 Å². The standard InChI is InChI=1S/C19H25NO5/c1-13-9-15(19(22)23)11-20(10-13)18(21)14-4-6-16(7-5-14)25-12-17-3-2-8-24-17/h4-7,13,15,17H,2-3,8-12H2,1H3,(H,22,23). The van der Waals surface area contributed by atoms with Gasteiger partial charge in [0, 0.05) is 25.3 Å². The van der Waals surface area contributed by atoms with Gasteiger partial charge >= 0.3 is 5.97 Å². The first kappa shape index (κ1) is 17.7. The fourth-order valence-electron chi connectivity index (χ4n) is 3.54. The van der Waals surface area contributed by atoms with Crippen molar-refractivity contribution in [1.82, 2.24) is 4.90 Å². The van der Waals surface area contributed by atoms with Crippen LogP contribution < -0.4 is 4.74 Å². The van der Waals surface area contributed by atoms with Crippen molar-refractivity contribution in [2.75, 3.05) is 26.3 Å². The molecule has 0 spiro atoms. The molecule has 3 rings (SSSR count). The largest absolute Gasteiger partial charge is 0.491 e. The average Bonchev–Trinajstić information content (AvgIpc) is 3.13. The number of hydrogen-bond donors (Lipinski definition) is 1. The van der Waals surface area contributed by atoms with E-state index < -0.39 is 11.9 Å². The Morgan fingerprint density at radius 3 is 2.68 bits per heavy atom. The maximum absolute atomic E-state index is 12.7. The van der Waals surface area contributed by atoms with E-state index in [-0.39, 0.29) is 24.5 Å². The number of amides is 1. The van der Waals surface area contributed by atoms with Gasteiger partial charge in [0.2, 0.25) is 0 Å². The summed E-state index contributed by atoms with van der Waals surface area (Å²) in [6, 6.07) is 7.04. The van der Waals surface area contributed by atoms with Crippen LogP contribution in [0.5, 0.6) is 5.75 Å². The summed E-state index contributed by atoms with van der Waals surface area (Å²) < 4.78 is 11.2. The molecule has 2 heterocycles. The maximum Gasteiger partial charge on any atom is 0.308 e. The summed E-state index contributed by atoms with van der Waals surface area (Å²) in [5.41, 5.74) is 0.558. The third-order valence-corrected chi connectivity index (χ3v) is 4.86. The van der Waals surface area contributed by atoms with Crippen molar-refractivity contribution in [2.45, 2.75) is 32.3 Å². The minimum absolute atomic E-state index is 0.122. The van der Waals surface area contributed by atoms with Gasteiger partial charge in [-0.25, -0.2) is 0 Å². The Kier molecular flexibility index (Phi) is 5.58. The highest BCUT2D eigenvalue weighted by atomic mass is 16.5. The molecule has 6 heteroatoms. The van der Waals surface area contributed by atoms with Crippen LogP contribution in [-0.4, -0.2) is 54.3 Å². The average molecular weight is 347 g/mol. The van der Waals surface area contributed by atoms with Gasteiger partial charge in [-0.15, -0.1) is 0 Å². The third kappa shape index (κ3) is 4.51. The number of rotatable bonds is 5. The molecule has 3 unspecified atom stereocenters.